The fourth-order valence-electron chi connectivity index (χ4n) is 3.93. The molecule has 0 radical (unpaired) electrons. The second-order valence-corrected chi connectivity index (χ2v) is 7.99. The normalized spacial score (nSPS) is 25.4. The number of aromatic carboxylic acids is 1. The molecule has 1 aromatic carbocycles. The number of ketones is 2. The van der Waals surface area contributed by atoms with Crippen molar-refractivity contribution in [3.63, 3.8) is 0 Å². The summed E-state index contributed by atoms with van der Waals surface area (Å²) in [6.45, 7) is 1.89. The molecule has 2 aromatic rings. The quantitative estimate of drug-likeness (QED) is 0.852. The maximum Gasteiger partial charge on any atom is 0.335 e. The van der Waals surface area contributed by atoms with E-state index in [-0.39, 0.29) is 29.0 Å². The highest BCUT2D eigenvalue weighted by molar-refractivity contribution is 7.15. The SMILES string of the molecule is Cc1sc(-c2ccc(C(=O)O)cc2)nc1C1C(=O)C2CCC(C2)C1=O. The van der Waals surface area contributed by atoms with Crippen molar-refractivity contribution in [3.8, 4) is 10.6 Å². The minimum atomic E-state index is -0.976. The van der Waals surface area contributed by atoms with Gasteiger partial charge in [-0.15, -0.1) is 11.3 Å². The lowest BCUT2D eigenvalue weighted by Crippen LogP contribution is -2.35. The van der Waals surface area contributed by atoms with Gasteiger partial charge in [-0.25, -0.2) is 9.78 Å². The van der Waals surface area contributed by atoms with Gasteiger partial charge < -0.3 is 5.11 Å². The predicted octanol–water partition coefficient (Wildman–Crippen LogP) is 3.47. The van der Waals surface area contributed by atoms with Crippen LogP contribution in [0, 0.1) is 18.8 Å². The summed E-state index contributed by atoms with van der Waals surface area (Å²) in [4.78, 5) is 41.8. The van der Waals surface area contributed by atoms with E-state index < -0.39 is 11.9 Å². The maximum atomic E-state index is 12.7. The van der Waals surface area contributed by atoms with E-state index in [1.165, 1.54) is 23.5 Å². The molecule has 2 unspecified atom stereocenters. The monoisotopic (exact) mass is 355 g/mol. The van der Waals surface area contributed by atoms with Crippen LogP contribution < -0.4 is 0 Å². The van der Waals surface area contributed by atoms with Gasteiger partial charge in [0.25, 0.3) is 0 Å². The van der Waals surface area contributed by atoms with Crippen LogP contribution in [0.3, 0.4) is 0 Å². The van der Waals surface area contributed by atoms with Crippen molar-refractivity contribution in [2.75, 3.05) is 0 Å². The fraction of sp³-hybridized carbons (Fsp3) is 0.368. The molecule has 2 bridgehead atoms. The fourth-order valence-corrected chi connectivity index (χ4v) is 4.89. The lowest BCUT2D eigenvalue weighted by molar-refractivity contribution is -0.136. The summed E-state index contributed by atoms with van der Waals surface area (Å²) >= 11 is 1.44. The summed E-state index contributed by atoms with van der Waals surface area (Å²) in [5.41, 5.74) is 1.60. The number of carbonyl (C=O) groups is 3. The van der Waals surface area contributed by atoms with Crippen LogP contribution in [0.1, 0.15) is 46.1 Å². The molecular weight excluding hydrogens is 338 g/mol. The lowest BCUT2D eigenvalue weighted by atomic mass is 9.77. The van der Waals surface area contributed by atoms with Gasteiger partial charge in [0.2, 0.25) is 0 Å². The second kappa shape index (κ2) is 5.88. The first-order valence-electron chi connectivity index (χ1n) is 8.34. The highest BCUT2D eigenvalue weighted by Crippen LogP contribution is 2.45. The van der Waals surface area contributed by atoms with E-state index in [4.69, 9.17) is 5.11 Å². The third-order valence-electron chi connectivity index (χ3n) is 5.29. The molecule has 1 aromatic heterocycles. The van der Waals surface area contributed by atoms with Gasteiger partial charge in [-0.1, -0.05) is 12.1 Å². The van der Waals surface area contributed by atoms with Crippen LogP contribution in [-0.4, -0.2) is 27.6 Å². The van der Waals surface area contributed by atoms with Crippen LogP contribution >= 0.6 is 11.3 Å². The summed E-state index contributed by atoms with van der Waals surface area (Å²) in [6, 6.07) is 6.48. The van der Waals surface area contributed by atoms with E-state index in [9.17, 15) is 14.4 Å². The Balaban J connectivity index is 1.70. The summed E-state index contributed by atoms with van der Waals surface area (Å²) in [5, 5.41) is 9.70. The Morgan fingerprint density at radius 2 is 1.72 bits per heavy atom. The Morgan fingerprint density at radius 1 is 1.12 bits per heavy atom. The lowest BCUT2D eigenvalue weighted by Gasteiger charge is -2.24. The van der Waals surface area contributed by atoms with Gasteiger partial charge >= 0.3 is 5.97 Å². The molecule has 2 fully saturated rings. The molecular formula is C19H17NO4S. The first-order chi connectivity index (χ1) is 12.0. The zero-order chi connectivity index (χ0) is 17.7. The molecule has 5 nitrogen and oxygen atoms in total. The maximum absolute atomic E-state index is 12.7. The number of aromatic nitrogens is 1. The van der Waals surface area contributed by atoms with Crippen LogP contribution in [0.2, 0.25) is 0 Å². The Labute approximate surface area is 148 Å². The molecule has 0 amide bonds. The van der Waals surface area contributed by atoms with Crippen molar-refractivity contribution in [1.29, 1.82) is 0 Å². The second-order valence-electron chi connectivity index (χ2n) is 6.79. The molecule has 6 heteroatoms. The Hall–Kier alpha value is -2.34. The van der Waals surface area contributed by atoms with Gasteiger partial charge in [0.15, 0.2) is 11.6 Å². The Morgan fingerprint density at radius 3 is 2.28 bits per heavy atom. The van der Waals surface area contributed by atoms with Crippen LogP contribution in [0.25, 0.3) is 10.6 Å². The number of aryl methyl sites for hydroxylation is 1. The number of nitrogens with zero attached hydrogens (tertiary/aromatic N) is 1. The number of benzene rings is 1. The van der Waals surface area contributed by atoms with Crippen molar-refractivity contribution >= 4 is 28.9 Å². The number of carboxylic acids is 1. The highest BCUT2D eigenvalue weighted by atomic mass is 32.1. The van der Waals surface area contributed by atoms with Crippen molar-refractivity contribution < 1.29 is 19.5 Å². The first-order valence-corrected chi connectivity index (χ1v) is 9.16. The van der Waals surface area contributed by atoms with Gasteiger partial charge in [-0.3, -0.25) is 9.59 Å². The summed E-state index contributed by atoms with van der Waals surface area (Å²) in [7, 11) is 0. The van der Waals surface area contributed by atoms with Crippen LogP contribution in [0.4, 0.5) is 0 Å². The summed E-state index contributed by atoms with van der Waals surface area (Å²) in [6.07, 6.45) is 2.34. The molecule has 4 rings (SSSR count). The standard InChI is InChI=1S/C19H17NO4S/c1-9-15(14-16(21)12-6-7-13(8-12)17(14)22)20-18(25-9)10-2-4-11(5-3-10)19(23)24/h2-5,12-14H,6-8H2,1H3,(H,23,24). The number of thiazole rings is 1. The average Bonchev–Trinajstić information content (AvgIpc) is 3.20. The third-order valence-corrected chi connectivity index (χ3v) is 6.33. The number of Topliss-reactive ketones (excluding diaryl/α,β-unsaturated/α-hetero) is 2. The molecule has 2 atom stereocenters. The summed E-state index contributed by atoms with van der Waals surface area (Å²) < 4.78 is 0. The number of carboxylic acid groups (broad SMARTS) is 1. The van der Waals surface area contributed by atoms with Gasteiger partial charge in [0.1, 0.15) is 10.9 Å². The zero-order valence-electron chi connectivity index (χ0n) is 13.7. The largest absolute Gasteiger partial charge is 0.478 e. The number of rotatable bonds is 3. The van der Waals surface area contributed by atoms with E-state index in [2.05, 4.69) is 4.98 Å². The topological polar surface area (TPSA) is 84.3 Å². The third kappa shape index (κ3) is 2.61. The Kier molecular flexibility index (Phi) is 3.80. The minimum Gasteiger partial charge on any atom is -0.478 e. The number of hydrogen-bond acceptors (Lipinski definition) is 5. The predicted molar refractivity (Wildman–Crippen MR) is 92.8 cm³/mol. The van der Waals surface area contributed by atoms with Crippen LogP contribution in [0.15, 0.2) is 24.3 Å². The molecule has 0 saturated heterocycles. The van der Waals surface area contributed by atoms with Gasteiger partial charge in [0.05, 0.1) is 11.3 Å². The zero-order valence-corrected chi connectivity index (χ0v) is 14.5. The molecule has 25 heavy (non-hydrogen) atoms. The van der Waals surface area contributed by atoms with E-state index in [0.29, 0.717) is 17.1 Å². The van der Waals surface area contributed by atoms with Crippen molar-refractivity contribution in [1.82, 2.24) is 4.98 Å². The summed E-state index contributed by atoms with van der Waals surface area (Å²) in [5.74, 6) is -1.62. The van der Waals surface area contributed by atoms with Gasteiger partial charge in [-0.2, -0.15) is 0 Å². The highest BCUT2D eigenvalue weighted by Gasteiger charge is 2.48. The molecule has 1 N–H and O–H groups in total. The number of fused-ring (bicyclic) bond motifs is 2. The minimum absolute atomic E-state index is 0.00657. The molecule has 2 saturated carbocycles. The molecule has 1 heterocycles. The van der Waals surface area contributed by atoms with Crippen molar-refractivity contribution in [2.24, 2.45) is 11.8 Å². The van der Waals surface area contributed by atoms with Crippen LogP contribution in [0.5, 0.6) is 0 Å². The molecule has 0 spiro atoms. The van der Waals surface area contributed by atoms with Gasteiger partial charge in [0, 0.05) is 22.3 Å². The smallest absolute Gasteiger partial charge is 0.335 e. The van der Waals surface area contributed by atoms with Crippen LogP contribution in [-0.2, 0) is 9.59 Å². The van der Waals surface area contributed by atoms with E-state index in [1.54, 1.807) is 12.1 Å². The molecule has 0 aliphatic heterocycles. The van der Waals surface area contributed by atoms with E-state index in [1.807, 2.05) is 6.92 Å². The Bertz CT molecular complexity index is 861. The first kappa shape index (κ1) is 16.1. The average molecular weight is 355 g/mol. The molecule has 2 aliphatic rings. The van der Waals surface area contributed by atoms with Crippen molar-refractivity contribution in [2.45, 2.75) is 32.1 Å². The van der Waals surface area contributed by atoms with E-state index in [0.717, 1.165) is 23.3 Å². The van der Waals surface area contributed by atoms with E-state index >= 15 is 0 Å². The van der Waals surface area contributed by atoms with Gasteiger partial charge in [-0.05, 0) is 38.3 Å². The molecule has 2 aliphatic carbocycles. The number of hydrogen-bond donors (Lipinski definition) is 1. The number of carbonyl (C=O) groups excluding carboxylic acids is 2. The van der Waals surface area contributed by atoms with Crippen molar-refractivity contribution in [3.05, 3.63) is 40.4 Å². The molecule has 128 valence electrons.